The van der Waals surface area contributed by atoms with Gasteiger partial charge < -0.3 is 5.11 Å². The Morgan fingerprint density at radius 3 is 1.55 bits per heavy atom. The lowest BCUT2D eigenvalue weighted by atomic mass is 9.96. The molecule has 3 heteroatoms. The van der Waals surface area contributed by atoms with Crippen LogP contribution in [0.25, 0.3) is 0 Å². The van der Waals surface area contributed by atoms with Crippen LogP contribution < -0.4 is 0 Å². The van der Waals surface area contributed by atoms with Crippen LogP contribution in [0, 0.1) is 0 Å². The molecule has 3 rings (SSSR count). The lowest BCUT2D eigenvalue weighted by Gasteiger charge is -2.40. The highest BCUT2D eigenvalue weighted by atomic mass is 16.3. The Bertz CT molecular complexity index is 523. The number of benzene rings is 2. The molecule has 3 nitrogen and oxygen atoms in total. The average molecular weight is 296 g/mol. The molecule has 1 N–H and O–H groups in total. The van der Waals surface area contributed by atoms with Gasteiger partial charge in [-0.1, -0.05) is 60.7 Å². The predicted molar refractivity (Wildman–Crippen MR) is 89.6 cm³/mol. The van der Waals surface area contributed by atoms with Gasteiger partial charge in [-0.05, 0) is 18.1 Å². The van der Waals surface area contributed by atoms with Crippen LogP contribution in [0.5, 0.6) is 0 Å². The summed E-state index contributed by atoms with van der Waals surface area (Å²) in [5, 5.41) is 9.74. The monoisotopic (exact) mass is 296 g/mol. The second-order valence-electron chi connectivity index (χ2n) is 5.93. The van der Waals surface area contributed by atoms with Crippen molar-refractivity contribution in [2.75, 3.05) is 26.2 Å². The maximum atomic E-state index is 9.74. The lowest BCUT2D eigenvalue weighted by Crippen LogP contribution is -2.50. The zero-order chi connectivity index (χ0) is 15.4. The van der Waals surface area contributed by atoms with Gasteiger partial charge in [-0.3, -0.25) is 9.80 Å². The molecule has 1 heterocycles. The fourth-order valence-corrected chi connectivity index (χ4v) is 3.25. The summed E-state index contributed by atoms with van der Waals surface area (Å²) in [6.07, 6.45) is -0.353. The first kappa shape index (κ1) is 15.2. The van der Waals surface area contributed by atoms with Gasteiger partial charge in [-0.2, -0.15) is 0 Å². The molecule has 2 aromatic rings. The quantitative estimate of drug-likeness (QED) is 0.940. The van der Waals surface area contributed by atoms with Crippen molar-refractivity contribution in [2.24, 2.45) is 0 Å². The minimum atomic E-state index is -0.353. The van der Waals surface area contributed by atoms with Crippen molar-refractivity contribution in [2.45, 2.75) is 19.2 Å². The Morgan fingerprint density at radius 2 is 1.14 bits per heavy atom. The molecule has 2 aromatic carbocycles. The molecule has 22 heavy (non-hydrogen) atoms. The van der Waals surface area contributed by atoms with Crippen LogP contribution in [0.1, 0.15) is 24.1 Å². The minimum Gasteiger partial charge on any atom is -0.379 e. The number of rotatable bonds is 4. The van der Waals surface area contributed by atoms with Crippen LogP contribution in [0.4, 0.5) is 0 Å². The number of aliphatic hydroxyl groups excluding tert-OH is 1. The van der Waals surface area contributed by atoms with E-state index < -0.39 is 0 Å². The largest absolute Gasteiger partial charge is 0.379 e. The normalized spacial score (nSPS) is 18.5. The molecule has 0 aliphatic carbocycles. The summed E-state index contributed by atoms with van der Waals surface area (Å²) in [5.41, 5.74) is 2.67. The molecular formula is C19H24N2O. The number of hydrogen-bond donors (Lipinski definition) is 1. The van der Waals surface area contributed by atoms with E-state index in [2.05, 4.69) is 70.5 Å². The summed E-state index contributed by atoms with van der Waals surface area (Å²) in [4.78, 5) is 4.65. The Morgan fingerprint density at radius 1 is 0.727 bits per heavy atom. The highest BCUT2D eigenvalue weighted by Gasteiger charge is 2.27. The molecule has 1 unspecified atom stereocenters. The van der Waals surface area contributed by atoms with E-state index in [1.807, 2.05) is 6.92 Å². The van der Waals surface area contributed by atoms with Gasteiger partial charge in [0.2, 0.25) is 0 Å². The Kier molecular flexibility index (Phi) is 4.88. The van der Waals surface area contributed by atoms with Gasteiger partial charge in [-0.15, -0.1) is 0 Å². The SMILES string of the molecule is CC(O)N1CCN(C(c2ccccc2)c2ccccc2)CC1. The third-order valence-electron chi connectivity index (χ3n) is 4.47. The van der Waals surface area contributed by atoms with Gasteiger partial charge in [0.1, 0.15) is 6.23 Å². The van der Waals surface area contributed by atoms with Crippen LogP contribution in [-0.2, 0) is 0 Å². The summed E-state index contributed by atoms with van der Waals surface area (Å²) in [7, 11) is 0. The average Bonchev–Trinajstić information content (AvgIpc) is 2.57. The molecule has 0 bridgehead atoms. The molecule has 0 spiro atoms. The molecule has 0 saturated carbocycles. The van der Waals surface area contributed by atoms with E-state index in [0.717, 1.165) is 26.2 Å². The number of nitrogens with zero attached hydrogens (tertiary/aromatic N) is 2. The first-order valence-electron chi connectivity index (χ1n) is 8.02. The van der Waals surface area contributed by atoms with Crippen molar-refractivity contribution in [1.29, 1.82) is 0 Å². The number of piperazine rings is 1. The third kappa shape index (κ3) is 3.38. The van der Waals surface area contributed by atoms with E-state index >= 15 is 0 Å². The summed E-state index contributed by atoms with van der Waals surface area (Å²) < 4.78 is 0. The van der Waals surface area contributed by atoms with Crippen molar-refractivity contribution >= 4 is 0 Å². The van der Waals surface area contributed by atoms with Gasteiger partial charge >= 0.3 is 0 Å². The Balaban J connectivity index is 1.84. The first-order chi connectivity index (χ1) is 10.8. The van der Waals surface area contributed by atoms with Crippen molar-refractivity contribution < 1.29 is 5.11 Å². The van der Waals surface area contributed by atoms with E-state index in [4.69, 9.17) is 0 Å². The van der Waals surface area contributed by atoms with Gasteiger partial charge in [0, 0.05) is 26.2 Å². The summed E-state index contributed by atoms with van der Waals surface area (Å²) in [5.74, 6) is 0. The fraction of sp³-hybridized carbons (Fsp3) is 0.368. The smallest absolute Gasteiger partial charge is 0.104 e. The van der Waals surface area contributed by atoms with Crippen molar-refractivity contribution in [1.82, 2.24) is 9.80 Å². The molecule has 0 amide bonds. The van der Waals surface area contributed by atoms with Gasteiger partial charge in [0.05, 0.1) is 6.04 Å². The first-order valence-corrected chi connectivity index (χ1v) is 8.02. The molecule has 1 fully saturated rings. The fourth-order valence-electron chi connectivity index (χ4n) is 3.25. The van der Waals surface area contributed by atoms with Crippen molar-refractivity contribution in [3.05, 3.63) is 71.8 Å². The van der Waals surface area contributed by atoms with E-state index in [1.165, 1.54) is 11.1 Å². The third-order valence-corrected chi connectivity index (χ3v) is 4.47. The lowest BCUT2D eigenvalue weighted by molar-refractivity contribution is -0.0182. The van der Waals surface area contributed by atoms with Crippen LogP contribution in [0.2, 0.25) is 0 Å². The zero-order valence-electron chi connectivity index (χ0n) is 13.1. The van der Waals surface area contributed by atoms with Gasteiger partial charge in [0.25, 0.3) is 0 Å². The summed E-state index contributed by atoms with van der Waals surface area (Å²) in [6, 6.07) is 21.7. The Hall–Kier alpha value is -1.68. The van der Waals surface area contributed by atoms with Crippen LogP contribution >= 0.6 is 0 Å². The predicted octanol–water partition coefficient (Wildman–Crippen LogP) is 2.73. The molecule has 116 valence electrons. The van der Waals surface area contributed by atoms with Crippen LogP contribution in [0.15, 0.2) is 60.7 Å². The maximum Gasteiger partial charge on any atom is 0.104 e. The van der Waals surface area contributed by atoms with Crippen molar-refractivity contribution in [3.8, 4) is 0 Å². The molecule has 1 saturated heterocycles. The summed E-state index contributed by atoms with van der Waals surface area (Å²) >= 11 is 0. The minimum absolute atomic E-state index is 0.290. The maximum absolute atomic E-state index is 9.74. The number of hydrogen-bond acceptors (Lipinski definition) is 3. The van der Waals surface area contributed by atoms with E-state index in [0.29, 0.717) is 6.04 Å². The molecule has 0 radical (unpaired) electrons. The van der Waals surface area contributed by atoms with Gasteiger partial charge in [-0.25, -0.2) is 0 Å². The van der Waals surface area contributed by atoms with E-state index in [9.17, 15) is 5.11 Å². The van der Waals surface area contributed by atoms with Crippen molar-refractivity contribution in [3.63, 3.8) is 0 Å². The molecule has 0 aromatic heterocycles. The highest BCUT2D eigenvalue weighted by molar-refractivity contribution is 5.31. The van der Waals surface area contributed by atoms with E-state index in [-0.39, 0.29) is 6.23 Å². The summed E-state index contributed by atoms with van der Waals surface area (Å²) in [6.45, 7) is 5.61. The standard InChI is InChI=1S/C19H24N2O/c1-16(22)20-12-14-21(15-13-20)19(17-8-4-2-5-9-17)18-10-6-3-7-11-18/h2-11,16,19,22H,12-15H2,1H3. The molecule has 1 atom stereocenters. The van der Waals surface area contributed by atoms with Crippen LogP contribution in [0.3, 0.4) is 0 Å². The van der Waals surface area contributed by atoms with E-state index in [1.54, 1.807) is 0 Å². The zero-order valence-corrected chi connectivity index (χ0v) is 13.1. The van der Waals surface area contributed by atoms with Gasteiger partial charge in [0.15, 0.2) is 0 Å². The Labute approximate surface area is 132 Å². The van der Waals surface area contributed by atoms with Crippen LogP contribution in [-0.4, -0.2) is 47.3 Å². The highest BCUT2D eigenvalue weighted by Crippen LogP contribution is 2.29. The molecular weight excluding hydrogens is 272 g/mol. The second kappa shape index (κ2) is 7.05. The molecule has 1 aliphatic heterocycles. The second-order valence-corrected chi connectivity index (χ2v) is 5.93. The topological polar surface area (TPSA) is 26.7 Å². The molecule has 1 aliphatic rings. The number of aliphatic hydroxyl groups is 1.